The number of aryl methyl sites for hydroxylation is 1. The molecule has 0 aliphatic carbocycles. The SMILES string of the molecule is CCn1c(SCC(=O)Nc2cc(C)c(Cl)cc2OC)nc2cc(-c3ccccc3)sc2c1=O. The predicted molar refractivity (Wildman–Crippen MR) is 137 cm³/mol. The van der Waals surface area contributed by atoms with E-state index in [2.05, 4.69) is 5.32 Å². The van der Waals surface area contributed by atoms with Crippen LogP contribution in [0, 0.1) is 6.92 Å². The zero-order chi connectivity index (χ0) is 23.5. The second-order valence-electron chi connectivity index (χ2n) is 7.27. The van der Waals surface area contributed by atoms with Gasteiger partial charge in [-0.1, -0.05) is 53.7 Å². The van der Waals surface area contributed by atoms with Gasteiger partial charge in [0.2, 0.25) is 5.91 Å². The molecular formula is C24H22ClN3O3S2. The van der Waals surface area contributed by atoms with Crippen LogP contribution >= 0.6 is 34.7 Å². The van der Waals surface area contributed by atoms with Gasteiger partial charge in [-0.05, 0) is 37.1 Å². The number of methoxy groups -OCH3 is 1. The minimum Gasteiger partial charge on any atom is -0.495 e. The van der Waals surface area contributed by atoms with Gasteiger partial charge in [-0.15, -0.1) is 11.3 Å². The molecule has 4 aromatic rings. The van der Waals surface area contributed by atoms with Gasteiger partial charge in [0, 0.05) is 22.5 Å². The molecule has 0 radical (unpaired) electrons. The Balaban J connectivity index is 1.58. The summed E-state index contributed by atoms with van der Waals surface area (Å²) in [5.41, 5.74) is 2.98. The Morgan fingerprint density at radius 1 is 1.24 bits per heavy atom. The fourth-order valence-electron chi connectivity index (χ4n) is 3.37. The Morgan fingerprint density at radius 3 is 2.70 bits per heavy atom. The summed E-state index contributed by atoms with van der Waals surface area (Å²) in [5.74, 6) is 0.353. The first kappa shape index (κ1) is 23.4. The molecule has 0 aliphatic rings. The number of ether oxygens (including phenoxy) is 1. The fraction of sp³-hybridized carbons (Fsp3) is 0.208. The van der Waals surface area contributed by atoms with E-state index >= 15 is 0 Å². The van der Waals surface area contributed by atoms with Crippen molar-refractivity contribution in [3.05, 3.63) is 69.5 Å². The number of hydrogen-bond donors (Lipinski definition) is 1. The Morgan fingerprint density at radius 2 is 2.00 bits per heavy atom. The van der Waals surface area contributed by atoms with E-state index in [-0.39, 0.29) is 17.2 Å². The van der Waals surface area contributed by atoms with E-state index in [1.165, 1.54) is 30.2 Å². The van der Waals surface area contributed by atoms with Crippen LogP contribution in [-0.2, 0) is 11.3 Å². The topological polar surface area (TPSA) is 73.2 Å². The molecule has 0 atom stereocenters. The number of hydrogen-bond acceptors (Lipinski definition) is 6. The lowest BCUT2D eigenvalue weighted by atomic mass is 10.2. The van der Waals surface area contributed by atoms with E-state index in [0.29, 0.717) is 38.4 Å². The van der Waals surface area contributed by atoms with Crippen LogP contribution in [0.15, 0.2) is 58.5 Å². The van der Waals surface area contributed by atoms with E-state index in [9.17, 15) is 9.59 Å². The van der Waals surface area contributed by atoms with Crippen molar-refractivity contribution in [3.63, 3.8) is 0 Å². The maximum Gasteiger partial charge on any atom is 0.272 e. The summed E-state index contributed by atoms with van der Waals surface area (Å²) in [6.07, 6.45) is 0. The quantitative estimate of drug-likeness (QED) is 0.255. The number of benzene rings is 2. The minimum atomic E-state index is -0.229. The van der Waals surface area contributed by atoms with Crippen molar-refractivity contribution < 1.29 is 9.53 Å². The summed E-state index contributed by atoms with van der Waals surface area (Å²) in [6, 6.07) is 15.3. The van der Waals surface area contributed by atoms with Gasteiger partial charge in [-0.2, -0.15) is 0 Å². The van der Waals surface area contributed by atoms with E-state index < -0.39 is 0 Å². The van der Waals surface area contributed by atoms with E-state index in [0.717, 1.165) is 16.0 Å². The van der Waals surface area contributed by atoms with Crippen LogP contribution in [0.1, 0.15) is 12.5 Å². The molecule has 2 aromatic heterocycles. The summed E-state index contributed by atoms with van der Waals surface area (Å²) < 4.78 is 7.55. The lowest BCUT2D eigenvalue weighted by molar-refractivity contribution is -0.113. The van der Waals surface area contributed by atoms with Gasteiger partial charge in [-0.3, -0.25) is 14.2 Å². The van der Waals surface area contributed by atoms with Crippen molar-refractivity contribution in [2.45, 2.75) is 25.5 Å². The number of carbonyl (C=O) groups is 1. The molecule has 1 N–H and O–H groups in total. The highest BCUT2D eigenvalue weighted by Gasteiger charge is 2.17. The van der Waals surface area contributed by atoms with E-state index in [4.69, 9.17) is 21.3 Å². The van der Waals surface area contributed by atoms with Crippen molar-refractivity contribution in [2.75, 3.05) is 18.2 Å². The lowest BCUT2D eigenvalue weighted by Gasteiger charge is -2.13. The molecule has 0 bridgehead atoms. The van der Waals surface area contributed by atoms with Crippen LogP contribution in [0.25, 0.3) is 20.7 Å². The number of carbonyl (C=O) groups excluding carboxylic acids is 1. The number of rotatable bonds is 7. The molecule has 33 heavy (non-hydrogen) atoms. The van der Waals surface area contributed by atoms with Gasteiger partial charge in [0.1, 0.15) is 10.4 Å². The Kier molecular flexibility index (Phi) is 7.07. The zero-order valence-corrected chi connectivity index (χ0v) is 20.7. The van der Waals surface area contributed by atoms with Crippen molar-refractivity contribution in [1.82, 2.24) is 9.55 Å². The second-order valence-corrected chi connectivity index (χ2v) is 9.68. The number of thioether (sulfide) groups is 1. The highest BCUT2D eigenvalue weighted by molar-refractivity contribution is 7.99. The Hall–Kier alpha value is -2.81. The maximum absolute atomic E-state index is 13.1. The second kappa shape index (κ2) is 9.99. The molecule has 9 heteroatoms. The van der Waals surface area contributed by atoms with Gasteiger partial charge in [0.05, 0.1) is 24.1 Å². The number of thiophene rings is 1. The van der Waals surface area contributed by atoms with Crippen LogP contribution in [0.2, 0.25) is 5.02 Å². The first-order valence-electron chi connectivity index (χ1n) is 10.3. The normalized spacial score (nSPS) is 11.0. The van der Waals surface area contributed by atoms with Gasteiger partial charge >= 0.3 is 0 Å². The molecule has 1 amide bonds. The van der Waals surface area contributed by atoms with E-state index in [1.54, 1.807) is 16.7 Å². The lowest BCUT2D eigenvalue weighted by Crippen LogP contribution is -2.22. The van der Waals surface area contributed by atoms with Crippen molar-refractivity contribution in [2.24, 2.45) is 0 Å². The smallest absolute Gasteiger partial charge is 0.272 e. The van der Waals surface area contributed by atoms with Crippen molar-refractivity contribution in [3.8, 4) is 16.2 Å². The van der Waals surface area contributed by atoms with Gasteiger partial charge in [0.15, 0.2) is 5.16 Å². The number of nitrogens with one attached hydrogen (secondary N) is 1. The highest BCUT2D eigenvalue weighted by Crippen LogP contribution is 2.33. The standard InChI is InChI=1S/C24H22ClN3O3S2/c1-4-28-23(30)22-18(12-20(33-22)15-8-6-5-7-9-15)27-24(28)32-13-21(29)26-17-10-14(2)16(25)11-19(17)31-3/h5-12H,4,13H2,1-3H3,(H,26,29). The summed E-state index contributed by atoms with van der Waals surface area (Å²) in [5, 5.41) is 3.94. The highest BCUT2D eigenvalue weighted by atomic mass is 35.5. The maximum atomic E-state index is 13.1. The molecule has 0 unspecified atom stereocenters. The average Bonchev–Trinajstić information content (AvgIpc) is 3.25. The van der Waals surface area contributed by atoms with Crippen LogP contribution < -0.4 is 15.6 Å². The van der Waals surface area contributed by atoms with Crippen LogP contribution in [0.3, 0.4) is 0 Å². The third kappa shape index (κ3) is 4.93. The largest absolute Gasteiger partial charge is 0.495 e. The number of amides is 1. The first-order chi connectivity index (χ1) is 15.9. The minimum absolute atomic E-state index is 0.0902. The summed E-state index contributed by atoms with van der Waals surface area (Å²) in [4.78, 5) is 31.5. The predicted octanol–water partition coefficient (Wildman–Crippen LogP) is 5.85. The van der Waals surface area contributed by atoms with Gasteiger partial charge in [0.25, 0.3) is 5.56 Å². The number of anilines is 1. The van der Waals surface area contributed by atoms with Crippen molar-refractivity contribution >= 4 is 56.5 Å². The third-order valence-electron chi connectivity index (χ3n) is 5.06. The molecule has 170 valence electrons. The Bertz CT molecular complexity index is 1380. The monoisotopic (exact) mass is 499 g/mol. The molecular weight excluding hydrogens is 478 g/mol. The number of fused-ring (bicyclic) bond motifs is 1. The molecule has 0 saturated heterocycles. The van der Waals surface area contributed by atoms with Crippen LogP contribution in [-0.4, -0.2) is 28.3 Å². The average molecular weight is 500 g/mol. The number of halogens is 1. The molecule has 0 saturated carbocycles. The molecule has 0 aliphatic heterocycles. The summed E-state index contributed by atoms with van der Waals surface area (Å²) in [6.45, 7) is 4.22. The molecule has 2 heterocycles. The third-order valence-corrected chi connectivity index (χ3v) is 7.61. The summed E-state index contributed by atoms with van der Waals surface area (Å²) >= 11 is 8.81. The molecule has 0 fully saturated rings. The van der Waals surface area contributed by atoms with Crippen LogP contribution in [0.5, 0.6) is 5.75 Å². The molecule has 2 aromatic carbocycles. The summed E-state index contributed by atoms with van der Waals surface area (Å²) in [7, 11) is 1.52. The molecule has 0 spiro atoms. The molecule has 4 rings (SSSR count). The zero-order valence-electron chi connectivity index (χ0n) is 18.3. The number of nitrogens with zero attached hydrogens (tertiary/aromatic N) is 2. The van der Waals surface area contributed by atoms with E-state index in [1.807, 2.05) is 50.2 Å². The van der Waals surface area contributed by atoms with Crippen molar-refractivity contribution in [1.29, 1.82) is 0 Å². The Labute approximate surface area is 204 Å². The van der Waals surface area contributed by atoms with Gasteiger partial charge in [-0.25, -0.2) is 4.98 Å². The van der Waals surface area contributed by atoms with Crippen LogP contribution in [0.4, 0.5) is 5.69 Å². The molecule has 6 nitrogen and oxygen atoms in total. The number of aromatic nitrogens is 2. The first-order valence-corrected chi connectivity index (χ1v) is 12.5. The van der Waals surface area contributed by atoms with Gasteiger partial charge < -0.3 is 10.1 Å². The fourth-order valence-corrected chi connectivity index (χ4v) is 5.44.